The second-order valence-corrected chi connectivity index (χ2v) is 5.98. The third-order valence-corrected chi connectivity index (χ3v) is 5.28. The van der Waals surface area contributed by atoms with E-state index >= 15 is 0 Å². The van der Waals surface area contributed by atoms with Crippen molar-refractivity contribution >= 4 is 32.4 Å². The first-order valence-electron chi connectivity index (χ1n) is 5.55. The molecule has 4 heteroatoms. The summed E-state index contributed by atoms with van der Waals surface area (Å²) in [4.78, 5) is 6.92. The summed E-state index contributed by atoms with van der Waals surface area (Å²) in [5.41, 5.74) is 0.540. The summed E-state index contributed by atoms with van der Waals surface area (Å²) in [6.45, 7) is 6.97. The highest BCUT2D eigenvalue weighted by molar-refractivity contribution is 9.10. The molecule has 0 amide bonds. The summed E-state index contributed by atoms with van der Waals surface area (Å²) in [6, 6.07) is 0. The molecule has 2 heterocycles. The van der Waals surface area contributed by atoms with Crippen LogP contribution in [-0.2, 0) is 0 Å². The largest absolute Gasteiger partial charge is 0.347 e. The van der Waals surface area contributed by atoms with Gasteiger partial charge in [-0.25, -0.2) is 4.98 Å². The van der Waals surface area contributed by atoms with Gasteiger partial charge in [0.1, 0.15) is 4.60 Å². The summed E-state index contributed by atoms with van der Waals surface area (Å²) < 4.78 is 0.966. The predicted octanol–water partition coefficient (Wildman–Crippen LogP) is 3.92. The van der Waals surface area contributed by atoms with E-state index in [9.17, 15) is 0 Å². The SMILES string of the molecule is CCC1(CC)CCN(c2nc(Br)cs2)C1. The summed E-state index contributed by atoms with van der Waals surface area (Å²) in [6.07, 6.45) is 3.89. The number of hydrogen-bond donors (Lipinski definition) is 0. The van der Waals surface area contributed by atoms with Gasteiger partial charge in [0, 0.05) is 18.5 Å². The van der Waals surface area contributed by atoms with Crippen LogP contribution >= 0.6 is 27.3 Å². The predicted molar refractivity (Wildman–Crippen MR) is 69.7 cm³/mol. The second-order valence-electron chi connectivity index (χ2n) is 4.33. The van der Waals surface area contributed by atoms with Crippen molar-refractivity contribution in [2.75, 3.05) is 18.0 Å². The molecule has 0 aliphatic carbocycles. The van der Waals surface area contributed by atoms with Crippen LogP contribution in [0.2, 0.25) is 0 Å². The van der Waals surface area contributed by atoms with E-state index < -0.39 is 0 Å². The molecule has 0 N–H and O–H groups in total. The van der Waals surface area contributed by atoms with Crippen molar-refractivity contribution in [3.63, 3.8) is 0 Å². The average Bonchev–Trinajstić information content (AvgIpc) is 2.84. The first-order chi connectivity index (χ1) is 7.19. The maximum Gasteiger partial charge on any atom is 0.186 e. The van der Waals surface area contributed by atoms with Gasteiger partial charge in [-0.15, -0.1) is 11.3 Å². The summed E-state index contributed by atoms with van der Waals surface area (Å²) >= 11 is 5.15. The topological polar surface area (TPSA) is 16.1 Å². The maximum atomic E-state index is 4.49. The molecule has 1 fully saturated rings. The molecule has 2 nitrogen and oxygen atoms in total. The summed E-state index contributed by atoms with van der Waals surface area (Å²) in [5, 5.41) is 3.23. The molecular formula is C11H17BrN2S. The van der Waals surface area contributed by atoms with Crippen LogP contribution in [-0.4, -0.2) is 18.1 Å². The molecule has 84 valence electrons. The quantitative estimate of drug-likeness (QED) is 0.838. The van der Waals surface area contributed by atoms with Crippen LogP contribution in [0.5, 0.6) is 0 Å². The van der Waals surface area contributed by atoms with Crippen molar-refractivity contribution in [2.24, 2.45) is 5.41 Å². The Labute approximate surface area is 104 Å². The first-order valence-corrected chi connectivity index (χ1v) is 7.22. The Bertz CT molecular complexity index is 333. The highest BCUT2D eigenvalue weighted by Gasteiger charge is 2.35. The molecule has 0 saturated carbocycles. The summed E-state index contributed by atoms with van der Waals surface area (Å²) in [7, 11) is 0. The zero-order chi connectivity index (χ0) is 10.9. The van der Waals surface area contributed by atoms with E-state index in [2.05, 4.69) is 45.0 Å². The fourth-order valence-corrected chi connectivity index (χ4v) is 3.59. The van der Waals surface area contributed by atoms with Crippen LogP contribution in [0.3, 0.4) is 0 Å². The minimum Gasteiger partial charge on any atom is -0.347 e. The van der Waals surface area contributed by atoms with Gasteiger partial charge < -0.3 is 4.90 Å². The molecule has 0 aromatic carbocycles. The van der Waals surface area contributed by atoms with Crippen molar-refractivity contribution in [3.05, 3.63) is 9.98 Å². The first kappa shape index (κ1) is 11.4. The Morgan fingerprint density at radius 1 is 1.53 bits per heavy atom. The lowest BCUT2D eigenvalue weighted by atomic mass is 9.82. The number of nitrogens with zero attached hydrogens (tertiary/aromatic N) is 2. The molecule has 0 atom stereocenters. The van der Waals surface area contributed by atoms with E-state index in [0.29, 0.717) is 5.41 Å². The van der Waals surface area contributed by atoms with Gasteiger partial charge in [0.15, 0.2) is 5.13 Å². The minimum atomic E-state index is 0.540. The van der Waals surface area contributed by atoms with Gasteiger partial charge in [0.25, 0.3) is 0 Å². The lowest BCUT2D eigenvalue weighted by Gasteiger charge is -2.26. The molecule has 2 rings (SSSR count). The summed E-state index contributed by atoms with van der Waals surface area (Å²) in [5.74, 6) is 0. The van der Waals surface area contributed by atoms with Crippen LogP contribution < -0.4 is 4.90 Å². The van der Waals surface area contributed by atoms with E-state index in [1.54, 1.807) is 11.3 Å². The molecule has 1 saturated heterocycles. The van der Waals surface area contributed by atoms with Crippen molar-refractivity contribution in [1.82, 2.24) is 4.98 Å². The van der Waals surface area contributed by atoms with E-state index in [1.165, 1.54) is 37.5 Å². The van der Waals surface area contributed by atoms with Crippen molar-refractivity contribution in [1.29, 1.82) is 0 Å². The van der Waals surface area contributed by atoms with Crippen LogP contribution in [0, 0.1) is 5.41 Å². The van der Waals surface area contributed by atoms with Gasteiger partial charge in [-0.2, -0.15) is 0 Å². The molecule has 0 bridgehead atoms. The lowest BCUT2D eigenvalue weighted by molar-refractivity contribution is 0.301. The highest BCUT2D eigenvalue weighted by atomic mass is 79.9. The van der Waals surface area contributed by atoms with Crippen molar-refractivity contribution < 1.29 is 0 Å². The van der Waals surface area contributed by atoms with Crippen LogP contribution in [0.15, 0.2) is 9.98 Å². The molecular weight excluding hydrogens is 272 g/mol. The van der Waals surface area contributed by atoms with E-state index in [-0.39, 0.29) is 0 Å². The second kappa shape index (κ2) is 4.42. The third-order valence-electron chi connectivity index (χ3n) is 3.67. The Balaban J connectivity index is 2.09. The lowest BCUT2D eigenvalue weighted by Crippen LogP contribution is -2.25. The normalized spacial score (nSPS) is 19.8. The fraction of sp³-hybridized carbons (Fsp3) is 0.727. The number of thiazole rings is 1. The zero-order valence-corrected chi connectivity index (χ0v) is 11.7. The highest BCUT2D eigenvalue weighted by Crippen LogP contribution is 2.39. The molecule has 0 spiro atoms. The van der Waals surface area contributed by atoms with E-state index in [0.717, 1.165) is 4.60 Å². The maximum absolute atomic E-state index is 4.49. The Kier molecular flexibility index (Phi) is 3.36. The number of halogens is 1. The van der Waals surface area contributed by atoms with Crippen LogP contribution in [0.1, 0.15) is 33.1 Å². The van der Waals surface area contributed by atoms with Crippen LogP contribution in [0.4, 0.5) is 5.13 Å². The Morgan fingerprint density at radius 3 is 2.73 bits per heavy atom. The van der Waals surface area contributed by atoms with Gasteiger partial charge in [-0.05, 0) is 40.6 Å². The molecule has 15 heavy (non-hydrogen) atoms. The van der Waals surface area contributed by atoms with E-state index in [1.807, 2.05) is 0 Å². The molecule has 1 aromatic rings. The number of aromatic nitrogens is 1. The van der Waals surface area contributed by atoms with Gasteiger partial charge in [0.2, 0.25) is 0 Å². The fourth-order valence-electron chi connectivity index (χ4n) is 2.32. The Morgan fingerprint density at radius 2 is 2.27 bits per heavy atom. The molecule has 0 radical (unpaired) electrons. The smallest absolute Gasteiger partial charge is 0.186 e. The van der Waals surface area contributed by atoms with Gasteiger partial charge >= 0.3 is 0 Å². The molecule has 1 aromatic heterocycles. The third kappa shape index (κ3) is 2.21. The number of hydrogen-bond acceptors (Lipinski definition) is 3. The van der Waals surface area contributed by atoms with Gasteiger partial charge in [-0.3, -0.25) is 0 Å². The van der Waals surface area contributed by atoms with E-state index in [4.69, 9.17) is 0 Å². The van der Waals surface area contributed by atoms with Crippen molar-refractivity contribution in [2.45, 2.75) is 33.1 Å². The molecule has 1 aliphatic rings. The average molecular weight is 289 g/mol. The number of rotatable bonds is 3. The van der Waals surface area contributed by atoms with Gasteiger partial charge in [-0.1, -0.05) is 13.8 Å². The standard InChI is InChI=1S/C11H17BrN2S/c1-3-11(4-2)5-6-14(8-11)10-13-9(12)7-15-10/h7H,3-6,8H2,1-2H3. The molecule has 1 aliphatic heterocycles. The Hall–Kier alpha value is -0.0900. The molecule has 0 unspecified atom stereocenters. The minimum absolute atomic E-state index is 0.540. The van der Waals surface area contributed by atoms with Gasteiger partial charge in [0.05, 0.1) is 0 Å². The number of anilines is 1. The van der Waals surface area contributed by atoms with Crippen LogP contribution in [0.25, 0.3) is 0 Å². The monoisotopic (exact) mass is 288 g/mol. The van der Waals surface area contributed by atoms with Crippen molar-refractivity contribution in [3.8, 4) is 0 Å². The zero-order valence-electron chi connectivity index (χ0n) is 9.29.